The molecule has 0 radical (unpaired) electrons. The summed E-state index contributed by atoms with van der Waals surface area (Å²) in [5, 5.41) is 6.50. The molecule has 1 amide bonds. The maximum atomic E-state index is 12.2. The smallest absolute Gasteiger partial charge is 0.271 e. The molecule has 26 heavy (non-hydrogen) atoms. The van der Waals surface area contributed by atoms with Crippen molar-refractivity contribution in [2.75, 3.05) is 12.8 Å². The number of methoxy groups -OCH3 is 1. The standard InChI is InChI=1S/C21H21N3O2/c1-3-20(23-24-21(25)14-6-9-18(22)10-7-14)17-5-4-16-13-19(26-2)11-8-15(16)12-17/h4-13H,3,22H2,1-2H3,(H,24,25)/b23-20-. The number of anilines is 1. The van der Waals surface area contributed by atoms with Crippen molar-refractivity contribution in [2.45, 2.75) is 13.3 Å². The Morgan fingerprint density at radius 3 is 2.35 bits per heavy atom. The van der Waals surface area contributed by atoms with Gasteiger partial charge in [-0.05, 0) is 65.2 Å². The Hall–Kier alpha value is -3.34. The number of hydrogen-bond acceptors (Lipinski definition) is 4. The molecule has 0 aromatic heterocycles. The van der Waals surface area contributed by atoms with Crippen molar-refractivity contribution in [3.8, 4) is 5.75 Å². The third kappa shape index (κ3) is 3.83. The van der Waals surface area contributed by atoms with E-state index in [0.29, 0.717) is 17.7 Å². The molecule has 0 spiro atoms. The van der Waals surface area contributed by atoms with Crippen LogP contribution in [-0.4, -0.2) is 18.7 Å². The molecule has 0 unspecified atom stereocenters. The number of carbonyl (C=O) groups excluding carboxylic acids is 1. The molecule has 3 aromatic carbocycles. The van der Waals surface area contributed by atoms with E-state index in [1.165, 1.54) is 0 Å². The highest BCUT2D eigenvalue weighted by Gasteiger charge is 2.07. The first-order valence-electron chi connectivity index (χ1n) is 8.41. The summed E-state index contributed by atoms with van der Waals surface area (Å²) < 4.78 is 5.26. The number of hydrogen-bond donors (Lipinski definition) is 2. The van der Waals surface area contributed by atoms with Gasteiger partial charge >= 0.3 is 0 Å². The van der Waals surface area contributed by atoms with E-state index in [1.54, 1.807) is 31.4 Å². The van der Waals surface area contributed by atoms with E-state index >= 15 is 0 Å². The molecule has 3 rings (SSSR count). The highest BCUT2D eigenvalue weighted by Crippen LogP contribution is 2.22. The molecule has 132 valence electrons. The predicted molar refractivity (Wildman–Crippen MR) is 106 cm³/mol. The summed E-state index contributed by atoms with van der Waals surface area (Å²) in [6.07, 6.45) is 0.698. The Balaban J connectivity index is 1.83. The van der Waals surface area contributed by atoms with Crippen molar-refractivity contribution in [2.24, 2.45) is 5.10 Å². The number of benzene rings is 3. The van der Waals surface area contributed by atoms with Gasteiger partial charge in [0.05, 0.1) is 12.8 Å². The van der Waals surface area contributed by atoms with E-state index in [1.807, 2.05) is 37.3 Å². The Kier molecular flexibility index (Phi) is 5.17. The molecule has 0 aliphatic carbocycles. The molecule has 3 aromatic rings. The van der Waals surface area contributed by atoms with Gasteiger partial charge in [-0.2, -0.15) is 5.10 Å². The molecule has 0 saturated heterocycles. The number of nitrogens with one attached hydrogen (secondary N) is 1. The van der Waals surface area contributed by atoms with Crippen LogP contribution in [0.1, 0.15) is 29.3 Å². The Morgan fingerprint density at radius 2 is 1.65 bits per heavy atom. The normalized spacial score (nSPS) is 11.4. The predicted octanol–water partition coefficient (Wildman–Crippen LogP) is 3.97. The first kappa shape index (κ1) is 17.5. The fourth-order valence-electron chi connectivity index (χ4n) is 2.70. The lowest BCUT2D eigenvalue weighted by Crippen LogP contribution is -2.20. The van der Waals surface area contributed by atoms with Gasteiger partial charge in [0, 0.05) is 11.3 Å². The van der Waals surface area contributed by atoms with E-state index in [0.717, 1.165) is 27.8 Å². The number of amides is 1. The maximum absolute atomic E-state index is 12.2. The Morgan fingerprint density at radius 1 is 1.00 bits per heavy atom. The zero-order chi connectivity index (χ0) is 18.5. The van der Waals surface area contributed by atoms with E-state index in [9.17, 15) is 4.79 Å². The molecule has 0 saturated carbocycles. The van der Waals surface area contributed by atoms with Crippen LogP contribution in [0.3, 0.4) is 0 Å². The fourth-order valence-corrected chi connectivity index (χ4v) is 2.70. The van der Waals surface area contributed by atoms with Crippen molar-refractivity contribution < 1.29 is 9.53 Å². The lowest BCUT2D eigenvalue weighted by molar-refractivity contribution is 0.0955. The summed E-state index contributed by atoms with van der Waals surface area (Å²) in [5.74, 6) is 0.562. The van der Waals surface area contributed by atoms with E-state index in [4.69, 9.17) is 10.5 Å². The minimum Gasteiger partial charge on any atom is -0.497 e. The van der Waals surface area contributed by atoms with Crippen LogP contribution in [0.4, 0.5) is 5.69 Å². The second kappa shape index (κ2) is 7.70. The minimum absolute atomic E-state index is 0.263. The molecule has 0 aliphatic rings. The first-order chi connectivity index (χ1) is 12.6. The molecule has 0 heterocycles. The zero-order valence-electron chi connectivity index (χ0n) is 14.8. The lowest BCUT2D eigenvalue weighted by atomic mass is 10.0. The SMILES string of the molecule is CC/C(=N/NC(=O)c1ccc(N)cc1)c1ccc2cc(OC)ccc2c1. The molecule has 0 aliphatic heterocycles. The number of carbonyl (C=O) groups is 1. The highest BCUT2D eigenvalue weighted by atomic mass is 16.5. The van der Waals surface area contributed by atoms with Crippen LogP contribution in [0, 0.1) is 0 Å². The fraction of sp³-hybridized carbons (Fsp3) is 0.143. The third-order valence-electron chi connectivity index (χ3n) is 4.18. The van der Waals surface area contributed by atoms with Gasteiger partial charge in [0.2, 0.25) is 0 Å². The van der Waals surface area contributed by atoms with E-state index < -0.39 is 0 Å². The lowest BCUT2D eigenvalue weighted by Gasteiger charge is -2.08. The molecule has 3 N–H and O–H groups in total. The van der Waals surface area contributed by atoms with Gasteiger partial charge in [-0.15, -0.1) is 0 Å². The number of ether oxygens (including phenoxy) is 1. The third-order valence-corrected chi connectivity index (χ3v) is 4.18. The van der Waals surface area contributed by atoms with Crippen LogP contribution >= 0.6 is 0 Å². The van der Waals surface area contributed by atoms with Crippen LogP contribution in [0.5, 0.6) is 5.75 Å². The number of rotatable bonds is 5. The van der Waals surface area contributed by atoms with Gasteiger partial charge in [-0.3, -0.25) is 4.79 Å². The van der Waals surface area contributed by atoms with Crippen molar-refractivity contribution in [1.82, 2.24) is 5.43 Å². The largest absolute Gasteiger partial charge is 0.497 e. The highest BCUT2D eigenvalue weighted by molar-refractivity contribution is 6.04. The summed E-state index contributed by atoms with van der Waals surface area (Å²) in [6, 6.07) is 18.8. The van der Waals surface area contributed by atoms with E-state index in [-0.39, 0.29) is 5.91 Å². The van der Waals surface area contributed by atoms with Crippen LogP contribution in [0.15, 0.2) is 65.8 Å². The topological polar surface area (TPSA) is 76.7 Å². The number of nitrogen functional groups attached to an aromatic ring is 1. The van der Waals surface area contributed by atoms with Gasteiger partial charge in [0.1, 0.15) is 5.75 Å². The summed E-state index contributed by atoms with van der Waals surface area (Å²) in [4.78, 5) is 12.2. The summed E-state index contributed by atoms with van der Waals surface area (Å²) in [7, 11) is 1.65. The number of hydrazone groups is 1. The summed E-state index contributed by atoms with van der Waals surface area (Å²) in [6.45, 7) is 2.01. The molecule has 5 nitrogen and oxygen atoms in total. The average molecular weight is 347 g/mol. The van der Waals surface area contributed by atoms with Gasteiger partial charge in [0.25, 0.3) is 5.91 Å². The average Bonchev–Trinajstić information content (AvgIpc) is 2.68. The molecule has 0 bridgehead atoms. The van der Waals surface area contributed by atoms with Gasteiger partial charge in [-0.1, -0.05) is 25.1 Å². The van der Waals surface area contributed by atoms with Gasteiger partial charge in [0.15, 0.2) is 0 Å². The van der Waals surface area contributed by atoms with Crippen LogP contribution in [-0.2, 0) is 0 Å². The molecule has 0 fully saturated rings. The Labute approximate surface area is 152 Å². The Bertz CT molecular complexity index is 963. The number of nitrogens with two attached hydrogens (primary N) is 1. The maximum Gasteiger partial charge on any atom is 0.271 e. The number of nitrogens with zero attached hydrogens (tertiary/aromatic N) is 1. The van der Waals surface area contributed by atoms with Crippen LogP contribution in [0.2, 0.25) is 0 Å². The summed E-state index contributed by atoms with van der Waals surface area (Å²) >= 11 is 0. The van der Waals surface area contributed by atoms with Crippen LogP contribution < -0.4 is 15.9 Å². The summed E-state index contributed by atoms with van der Waals surface area (Å²) in [5.41, 5.74) is 11.2. The minimum atomic E-state index is -0.263. The first-order valence-corrected chi connectivity index (χ1v) is 8.41. The van der Waals surface area contributed by atoms with Crippen molar-refractivity contribution in [3.63, 3.8) is 0 Å². The molecule has 0 atom stereocenters. The van der Waals surface area contributed by atoms with Gasteiger partial charge in [-0.25, -0.2) is 5.43 Å². The quantitative estimate of drug-likeness (QED) is 0.416. The number of fused-ring (bicyclic) bond motifs is 1. The van der Waals surface area contributed by atoms with Crippen molar-refractivity contribution in [3.05, 3.63) is 71.8 Å². The second-order valence-electron chi connectivity index (χ2n) is 5.90. The molecular formula is C21H21N3O2. The molecule has 5 heteroatoms. The van der Waals surface area contributed by atoms with Gasteiger partial charge < -0.3 is 10.5 Å². The van der Waals surface area contributed by atoms with E-state index in [2.05, 4.69) is 16.6 Å². The zero-order valence-corrected chi connectivity index (χ0v) is 14.8. The van der Waals surface area contributed by atoms with Crippen molar-refractivity contribution >= 4 is 28.1 Å². The molecular weight excluding hydrogens is 326 g/mol. The van der Waals surface area contributed by atoms with Crippen molar-refractivity contribution in [1.29, 1.82) is 0 Å². The monoisotopic (exact) mass is 347 g/mol. The van der Waals surface area contributed by atoms with Crippen LogP contribution in [0.25, 0.3) is 10.8 Å². The second-order valence-corrected chi connectivity index (χ2v) is 5.90.